The molecule has 1 aromatic rings. The summed E-state index contributed by atoms with van der Waals surface area (Å²) in [5, 5.41) is 12.3. The lowest BCUT2D eigenvalue weighted by molar-refractivity contribution is -0.125. The molecule has 0 bridgehead atoms. The highest BCUT2D eigenvalue weighted by Gasteiger charge is 2.19. The van der Waals surface area contributed by atoms with E-state index in [2.05, 4.69) is 5.32 Å². The fraction of sp³-hybridized carbons (Fsp3) is 0.500. The molecule has 0 heterocycles. The normalized spacial score (nSPS) is 11.5. The van der Waals surface area contributed by atoms with Crippen LogP contribution >= 0.6 is 0 Å². The number of carbonyl (C=O) groups is 1. The van der Waals surface area contributed by atoms with Gasteiger partial charge in [-0.3, -0.25) is 4.79 Å². The number of phenolic OH excluding ortho intramolecular Hbond substituents is 1. The zero-order valence-corrected chi connectivity index (χ0v) is 10.8. The number of benzene rings is 1. The summed E-state index contributed by atoms with van der Waals surface area (Å²) in [7, 11) is 0. The molecule has 0 unspecified atom stereocenters. The van der Waals surface area contributed by atoms with Crippen LogP contribution in [0, 0.1) is 5.41 Å². The van der Waals surface area contributed by atoms with Crippen LogP contribution in [0.5, 0.6) is 5.75 Å². The van der Waals surface area contributed by atoms with E-state index < -0.39 is 0 Å². The van der Waals surface area contributed by atoms with Crippen molar-refractivity contribution in [1.29, 1.82) is 0 Å². The van der Waals surface area contributed by atoms with Gasteiger partial charge in [0.25, 0.3) is 0 Å². The Hall–Kier alpha value is -1.35. The monoisotopic (exact) mass is 235 g/mol. The third kappa shape index (κ3) is 5.00. The Balaban J connectivity index is 2.25. The van der Waals surface area contributed by atoms with Crippen molar-refractivity contribution in [3.63, 3.8) is 0 Å². The van der Waals surface area contributed by atoms with Crippen molar-refractivity contribution in [3.05, 3.63) is 29.8 Å². The minimum atomic E-state index is -0.272. The highest BCUT2D eigenvalue weighted by atomic mass is 16.3. The zero-order chi connectivity index (χ0) is 12.9. The molecule has 0 aromatic heterocycles. The van der Waals surface area contributed by atoms with Crippen LogP contribution in [0.4, 0.5) is 0 Å². The first-order valence-corrected chi connectivity index (χ1v) is 5.91. The van der Waals surface area contributed by atoms with E-state index in [-0.39, 0.29) is 16.9 Å². The van der Waals surface area contributed by atoms with E-state index in [1.807, 2.05) is 32.9 Å². The Bertz CT molecular complexity index is 363. The molecule has 0 aliphatic heterocycles. The highest BCUT2D eigenvalue weighted by molar-refractivity contribution is 5.85. The van der Waals surface area contributed by atoms with Crippen LogP contribution in [0.2, 0.25) is 0 Å². The molecule has 0 atom stereocenters. The Morgan fingerprint density at radius 2 is 1.82 bits per heavy atom. The first-order valence-electron chi connectivity index (χ1n) is 5.91. The third-order valence-electron chi connectivity index (χ3n) is 2.65. The van der Waals surface area contributed by atoms with Gasteiger partial charge in [0, 0.05) is 5.41 Å². The number of aromatic hydroxyl groups is 1. The Labute approximate surface area is 103 Å². The number of nitrogens with one attached hydrogen (secondary N) is 1. The highest BCUT2D eigenvalue weighted by Crippen LogP contribution is 2.13. The lowest BCUT2D eigenvalue weighted by Crippen LogP contribution is -2.32. The van der Waals surface area contributed by atoms with Crippen molar-refractivity contribution in [2.24, 2.45) is 5.41 Å². The average Bonchev–Trinajstić information content (AvgIpc) is 2.25. The molecule has 0 aliphatic rings. The summed E-state index contributed by atoms with van der Waals surface area (Å²) in [6, 6.07) is 7.14. The van der Waals surface area contributed by atoms with Gasteiger partial charge in [-0.05, 0) is 30.7 Å². The fourth-order valence-corrected chi connectivity index (χ4v) is 1.36. The second kappa shape index (κ2) is 5.82. The minimum absolute atomic E-state index is 0.225. The summed E-state index contributed by atoms with van der Waals surface area (Å²) in [4.78, 5) is 11.6. The molecule has 94 valence electrons. The summed E-state index contributed by atoms with van der Waals surface area (Å²) in [6.45, 7) is 6.97. The molecule has 0 saturated carbocycles. The lowest BCUT2D eigenvalue weighted by atomic mass is 9.91. The molecule has 0 saturated heterocycles. The van der Waals surface area contributed by atoms with Gasteiger partial charge in [0.15, 0.2) is 5.78 Å². The molecular formula is C14H21NO2. The second-order valence-electron chi connectivity index (χ2n) is 5.27. The first-order chi connectivity index (χ1) is 7.89. The van der Waals surface area contributed by atoms with Crippen molar-refractivity contribution in [2.45, 2.75) is 27.2 Å². The molecule has 0 spiro atoms. The van der Waals surface area contributed by atoms with E-state index in [1.165, 1.54) is 0 Å². The predicted octanol–water partition coefficient (Wildman–Crippen LogP) is 2.14. The second-order valence-corrected chi connectivity index (χ2v) is 5.27. The molecule has 1 aromatic carbocycles. The molecule has 1 rings (SSSR count). The standard InChI is InChI=1S/C14H21NO2/c1-14(2,3)13(17)10-15-9-8-11-4-6-12(16)7-5-11/h4-7,15-16H,8-10H2,1-3H3. The fourth-order valence-electron chi connectivity index (χ4n) is 1.36. The number of phenols is 1. The SMILES string of the molecule is CC(C)(C)C(=O)CNCCc1ccc(O)cc1. The van der Waals surface area contributed by atoms with Crippen LogP contribution in [0.3, 0.4) is 0 Å². The topological polar surface area (TPSA) is 49.3 Å². The molecule has 2 N–H and O–H groups in total. The van der Waals surface area contributed by atoms with E-state index in [0.29, 0.717) is 6.54 Å². The number of rotatable bonds is 5. The van der Waals surface area contributed by atoms with E-state index in [9.17, 15) is 4.79 Å². The lowest BCUT2D eigenvalue weighted by Gasteiger charge is -2.16. The van der Waals surface area contributed by atoms with Gasteiger partial charge in [0.1, 0.15) is 5.75 Å². The molecule has 3 heteroatoms. The summed E-state index contributed by atoms with van der Waals surface area (Å²) in [5.41, 5.74) is 0.879. The van der Waals surface area contributed by atoms with Crippen LogP contribution in [0.25, 0.3) is 0 Å². The van der Waals surface area contributed by atoms with Crippen LogP contribution < -0.4 is 5.32 Å². The van der Waals surface area contributed by atoms with Gasteiger partial charge < -0.3 is 10.4 Å². The van der Waals surface area contributed by atoms with Gasteiger partial charge in [-0.2, -0.15) is 0 Å². The number of Topliss-reactive ketones (excluding diaryl/α,β-unsaturated/α-hetero) is 1. The van der Waals surface area contributed by atoms with Crippen molar-refractivity contribution >= 4 is 5.78 Å². The minimum Gasteiger partial charge on any atom is -0.508 e. The maximum Gasteiger partial charge on any atom is 0.151 e. The Morgan fingerprint density at radius 3 is 2.35 bits per heavy atom. The Morgan fingerprint density at radius 1 is 1.24 bits per heavy atom. The largest absolute Gasteiger partial charge is 0.508 e. The third-order valence-corrected chi connectivity index (χ3v) is 2.65. The van der Waals surface area contributed by atoms with E-state index in [0.717, 1.165) is 18.5 Å². The summed E-state index contributed by atoms with van der Waals surface area (Å²) in [5.74, 6) is 0.507. The molecular weight excluding hydrogens is 214 g/mol. The van der Waals surface area contributed by atoms with Crippen LogP contribution in [-0.2, 0) is 11.2 Å². The van der Waals surface area contributed by atoms with Gasteiger partial charge in [-0.1, -0.05) is 32.9 Å². The van der Waals surface area contributed by atoms with Gasteiger partial charge in [0.2, 0.25) is 0 Å². The summed E-state index contributed by atoms with van der Waals surface area (Å²) >= 11 is 0. The molecule has 0 aliphatic carbocycles. The quantitative estimate of drug-likeness (QED) is 0.769. The average molecular weight is 235 g/mol. The zero-order valence-electron chi connectivity index (χ0n) is 10.8. The maximum atomic E-state index is 11.6. The van der Waals surface area contributed by atoms with Gasteiger partial charge in [0.05, 0.1) is 6.54 Å². The van der Waals surface area contributed by atoms with E-state index in [4.69, 9.17) is 5.11 Å². The molecule has 0 amide bonds. The number of ketones is 1. The van der Waals surface area contributed by atoms with Crippen molar-refractivity contribution in [1.82, 2.24) is 5.32 Å². The van der Waals surface area contributed by atoms with Gasteiger partial charge >= 0.3 is 0 Å². The van der Waals surface area contributed by atoms with E-state index >= 15 is 0 Å². The number of hydrogen-bond acceptors (Lipinski definition) is 3. The predicted molar refractivity (Wildman–Crippen MR) is 69.1 cm³/mol. The van der Waals surface area contributed by atoms with Crippen molar-refractivity contribution in [3.8, 4) is 5.75 Å². The number of carbonyl (C=O) groups excluding carboxylic acids is 1. The smallest absolute Gasteiger partial charge is 0.151 e. The first kappa shape index (κ1) is 13.7. The molecule has 0 fully saturated rings. The van der Waals surface area contributed by atoms with Crippen LogP contribution in [0.1, 0.15) is 26.3 Å². The molecule has 0 radical (unpaired) electrons. The maximum absolute atomic E-state index is 11.6. The van der Waals surface area contributed by atoms with Crippen molar-refractivity contribution < 1.29 is 9.90 Å². The van der Waals surface area contributed by atoms with Gasteiger partial charge in [-0.15, -0.1) is 0 Å². The van der Waals surface area contributed by atoms with Gasteiger partial charge in [-0.25, -0.2) is 0 Å². The molecule has 17 heavy (non-hydrogen) atoms. The summed E-state index contributed by atoms with van der Waals surface area (Å²) < 4.78 is 0. The van der Waals surface area contributed by atoms with Crippen molar-refractivity contribution in [2.75, 3.05) is 13.1 Å². The Kier molecular flexibility index (Phi) is 4.70. The van der Waals surface area contributed by atoms with Crippen LogP contribution in [0.15, 0.2) is 24.3 Å². The van der Waals surface area contributed by atoms with E-state index in [1.54, 1.807) is 12.1 Å². The molecule has 3 nitrogen and oxygen atoms in total. The summed E-state index contributed by atoms with van der Waals surface area (Å²) in [6.07, 6.45) is 0.859. The number of hydrogen-bond donors (Lipinski definition) is 2. The van der Waals surface area contributed by atoms with Crippen LogP contribution in [-0.4, -0.2) is 24.0 Å².